The van der Waals surface area contributed by atoms with Crippen LogP contribution in [-0.2, 0) is 4.79 Å². The Kier molecular flexibility index (Phi) is 4.59. The molecule has 1 fully saturated rings. The van der Waals surface area contributed by atoms with E-state index in [4.69, 9.17) is 0 Å². The van der Waals surface area contributed by atoms with E-state index in [-0.39, 0.29) is 6.03 Å². The third kappa shape index (κ3) is 2.94. The van der Waals surface area contributed by atoms with Gasteiger partial charge in [-0.25, -0.2) is 9.59 Å². The fraction of sp³-hybridized carbons (Fsp3) is 0.846. The van der Waals surface area contributed by atoms with Gasteiger partial charge in [0.15, 0.2) is 0 Å². The summed E-state index contributed by atoms with van der Waals surface area (Å²) in [7, 11) is 1.75. The number of hydrogen-bond acceptors (Lipinski definition) is 2. The Bertz CT molecular complexity index is 324. The van der Waals surface area contributed by atoms with E-state index >= 15 is 0 Å². The van der Waals surface area contributed by atoms with E-state index in [9.17, 15) is 14.7 Å². The molecular weight excluding hydrogens is 232 g/mol. The summed E-state index contributed by atoms with van der Waals surface area (Å²) in [6.45, 7) is 6.06. The molecule has 0 atom stereocenters. The van der Waals surface area contributed by atoms with Crippen LogP contribution in [0.4, 0.5) is 4.79 Å². The van der Waals surface area contributed by atoms with E-state index < -0.39 is 11.5 Å². The van der Waals surface area contributed by atoms with Gasteiger partial charge in [0.2, 0.25) is 0 Å². The van der Waals surface area contributed by atoms with Crippen molar-refractivity contribution >= 4 is 12.0 Å². The molecule has 0 spiro atoms. The summed E-state index contributed by atoms with van der Waals surface area (Å²) >= 11 is 0. The average molecular weight is 256 g/mol. The second-order valence-electron chi connectivity index (χ2n) is 5.57. The number of hydrogen-bond donors (Lipinski definition) is 1. The minimum absolute atomic E-state index is 0.197. The molecule has 0 aromatic carbocycles. The molecule has 0 unspecified atom stereocenters. The number of likely N-dealkylation sites (N-methyl/N-ethyl adjacent to an activating group) is 1. The van der Waals surface area contributed by atoms with Gasteiger partial charge in [-0.2, -0.15) is 0 Å². The van der Waals surface area contributed by atoms with Crippen molar-refractivity contribution in [2.75, 3.05) is 20.1 Å². The summed E-state index contributed by atoms with van der Waals surface area (Å²) in [5.41, 5.74) is -1.17. The van der Waals surface area contributed by atoms with Crippen molar-refractivity contribution in [2.24, 2.45) is 5.92 Å². The normalized spacial score (nSPS) is 16.0. The summed E-state index contributed by atoms with van der Waals surface area (Å²) in [6, 6.07) is -0.197. The van der Waals surface area contributed by atoms with Crippen molar-refractivity contribution in [1.82, 2.24) is 9.80 Å². The maximum absolute atomic E-state index is 12.3. The van der Waals surface area contributed by atoms with Crippen molar-refractivity contribution < 1.29 is 14.7 Å². The van der Waals surface area contributed by atoms with E-state index in [0.29, 0.717) is 12.5 Å². The molecule has 5 nitrogen and oxygen atoms in total. The van der Waals surface area contributed by atoms with E-state index in [0.717, 1.165) is 6.54 Å². The average Bonchev–Trinajstić information content (AvgIpc) is 2.23. The zero-order valence-electron chi connectivity index (χ0n) is 11.8. The maximum atomic E-state index is 12.3. The Morgan fingerprint density at radius 2 is 1.89 bits per heavy atom. The molecule has 1 rings (SSSR count). The molecule has 0 aliphatic heterocycles. The van der Waals surface area contributed by atoms with Crippen LogP contribution < -0.4 is 0 Å². The molecule has 2 amide bonds. The van der Waals surface area contributed by atoms with Crippen LogP contribution in [0.25, 0.3) is 0 Å². The van der Waals surface area contributed by atoms with E-state index in [1.165, 1.54) is 24.2 Å². The zero-order chi connectivity index (χ0) is 13.9. The quantitative estimate of drug-likeness (QED) is 0.818. The molecule has 0 aromatic rings. The van der Waals surface area contributed by atoms with Gasteiger partial charge in [-0.15, -0.1) is 0 Å². The van der Waals surface area contributed by atoms with Crippen LogP contribution in [0.5, 0.6) is 0 Å². The lowest BCUT2D eigenvalue weighted by molar-refractivity contribution is -0.147. The lowest BCUT2D eigenvalue weighted by Gasteiger charge is -2.38. The van der Waals surface area contributed by atoms with Crippen molar-refractivity contribution in [3.8, 4) is 0 Å². The van der Waals surface area contributed by atoms with Gasteiger partial charge in [-0.1, -0.05) is 6.42 Å². The third-order valence-electron chi connectivity index (χ3n) is 3.83. The Labute approximate surface area is 109 Å². The first-order valence-corrected chi connectivity index (χ1v) is 6.56. The smallest absolute Gasteiger partial charge is 0.329 e. The highest BCUT2D eigenvalue weighted by molar-refractivity contribution is 5.85. The summed E-state index contributed by atoms with van der Waals surface area (Å²) in [6.07, 6.45) is 3.59. The molecule has 5 heteroatoms. The summed E-state index contributed by atoms with van der Waals surface area (Å²) in [5, 5.41) is 9.20. The Morgan fingerprint density at radius 1 is 1.33 bits per heavy atom. The van der Waals surface area contributed by atoms with Crippen molar-refractivity contribution in [3.05, 3.63) is 0 Å². The van der Waals surface area contributed by atoms with Crippen LogP contribution in [0.3, 0.4) is 0 Å². The van der Waals surface area contributed by atoms with Gasteiger partial charge in [0.1, 0.15) is 5.54 Å². The molecule has 0 saturated heterocycles. The topological polar surface area (TPSA) is 60.9 Å². The van der Waals surface area contributed by atoms with Crippen molar-refractivity contribution in [1.29, 1.82) is 0 Å². The molecule has 0 aromatic heterocycles. The Balaban J connectivity index is 2.68. The van der Waals surface area contributed by atoms with Crippen LogP contribution in [0.1, 0.15) is 40.0 Å². The molecule has 1 aliphatic rings. The van der Waals surface area contributed by atoms with Crippen molar-refractivity contribution in [2.45, 2.75) is 45.6 Å². The standard InChI is InChI=1S/C13H24N2O3/c1-5-15(13(2,3)11(16)17)12(18)14(4)9-10-7-6-8-10/h10H,5-9H2,1-4H3,(H,16,17). The number of carboxylic acid groups (broad SMARTS) is 1. The van der Waals surface area contributed by atoms with Gasteiger partial charge in [0.05, 0.1) is 0 Å². The first-order valence-electron chi connectivity index (χ1n) is 6.56. The van der Waals surface area contributed by atoms with Crippen LogP contribution in [-0.4, -0.2) is 52.6 Å². The lowest BCUT2D eigenvalue weighted by atomic mass is 9.85. The van der Waals surface area contributed by atoms with E-state index in [1.807, 2.05) is 0 Å². The van der Waals surface area contributed by atoms with Gasteiger partial charge >= 0.3 is 12.0 Å². The molecule has 0 bridgehead atoms. The molecule has 0 heterocycles. The number of nitrogens with zero attached hydrogens (tertiary/aromatic N) is 2. The monoisotopic (exact) mass is 256 g/mol. The van der Waals surface area contributed by atoms with E-state index in [1.54, 1.807) is 32.7 Å². The number of carbonyl (C=O) groups excluding carboxylic acids is 1. The number of urea groups is 1. The second-order valence-corrected chi connectivity index (χ2v) is 5.57. The summed E-state index contributed by atoms with van der Waals surface area (Å²) < 4.78 is 0. The van der Waals surface area contributed by atoms with Crippen LogP contribution in [0.15, 0.2) is 0 Å². The SMILES string of the molecule is CCN(C(=O)N(C)CC1CCC1)C(C)(C)C(=O)O. The van der Waals surface area contributed by atoms with Gasteiger partial charge in [-0.05, 0) is 39.5 Å². The van der Waals surface area contributed by atoms with Gasteiger partial charge in [0, 0.05) is 20.1 Å². The number of amides is 2. The third-order valence-corrected chi connectivity index (χ3v) is 3.83. The summed E-state index contributed by atoms with van der Waals surface area (Å²) in [5.74, 6) is -0.389. The number of carboxylic acids is 1. The number of carbonyl (C=O) groups is 2. The van der Waals surface area contributed by atoms with Crippen LogP contribution >= 0.6 is 0 Å². The van der Waals surface area contributed by atoms with Crippen LogP contribution in [0, 0.1) is 5.92 Å². The number of aliphatic carboxylic acids is 1. The predicted octanol–water partition coefficient (Wildman–Crippen LogP) is 2.02. The Hall–Kier alpha value is -1.26. The van der Waals surface area contributed by atoms with E-state index in [2.05, 4.69) is 0 Å². The highest BCUT2D eigenvalue weighted by Crippen LogP contribution is 2.27. The molecule has 1 saturated carbocycles. The molecule has 0 radical (unpaired) electrons. The summed E-state index contributed by atoms with van der Waals surface area (Å²) in [4.78, 5) is 26.6. The minimum Gasteiger partial charge on any atom is -0.480 e. The number of rotatable bonds is 5. The second kappa shape index (κ2) is 5.59. The molecule has 1 aliphatic carbocycles. The zero-order valence-corrected chi connectivity index (χ0v) is 11.8. The minimum atomic E-state index is -1.17. The lowest BCUT2D eigenvalue weighted by Crippen LogP contribution is -2.56. The van der Waals surface area contributed by atoms with Crippen molar-refractivity contribution in [3.63, 3.8) is 0 Å². The maximum Gasteiger partial charge on any atom is 0.329 e. The fourth-order valence-corrected chi connectivity index (χ4v) is 2.23. The van der Waals surface area contributed by atoms with Crippen LogP contribution in [0.2, 0.25) is 0 Å². The predicted molar refractivity (Wildman–Crippen MR) is 69.5 cm³/mol. The van der Waals surface area contributed by atoms with Gasteiger partial charge in [0.25, 0.3) is 0 Å². The Morgan fingerprint density at radius 3 is 2.22 bits per heavy atom. The highest BCUT2D eigenvalue weighted by atomic mass is 16.4. The molecule has 1 N–H and O–H groups in total. The first-order chi connectivity index (χ1) is 8.30. The first kappa shape index (κ1) is 14.8. The highest BCUT2D eigenvalue weighted by Gasteiger charge is 2.38. The molecule has 18 heavy (non-hydrogen) atoms. The largest absolute Gasteiger partial charge is 0.480 e. The molecule has 104 valence electrons. The fourth-order valence-electron chi connectivity index (χ4n) is 2.23. The van der Waals surface area contributed by atoms with Gasteiger partial charge in [-0.3, -0.25) is 0 Å². The molecular formula is C13H24N2O3. The van der Waals surface area contributed by atoms with Gasteiger partial charge < -0.3 is 14.9 Å².